The molecule has 1 aromatic heterocycles. The fraction of sp³-hybridized carbons (Fsp3) is 0.588. The third kappa shape index (κ3) is 5.19. The van der Waals surface area contributed by atoms with Crippen LogP contribution >= 0.6 is 7.81 Å². The molecule has 0 aromatic carbocycles. The molecule has 0 aliphatic heterocycles. The quantitative estimate of drug-likeness (QED) is 0.277. The number of rotatable bonds is 1. The van der Waals surface area contributed by atoms with Gasteiger partial charge >= 0.3 is 33.0 Å². The maximum atomic E-state index is 9.87. The van der Waals surface area contributed by atoms with Crippen molar-refractivity contribution in [1.29, 1.82) is 0 Å². The number of aromatic nitrogens is 1. The molecule has 1 nitrogen and oxygen atoms in total. The molecule has 2 saturated carbocycles. The average molecular weight is 385 g/mol. The van der Waals surface area contributed by atoms with Gasteiger partial charge in [-0.05, 0) is 61.9 Å². The number of allylic oxidation sites excluding steroid dienone is 2. The summed E-state index contributed by atoms with van der Waals surface area (Å²) in [6.07, 6.45) is 11.7. The second-order valence-corrected chi connectivity index (χ2v) is 9.45. The van der Waals surface area contributed by atoms with Crippen LogP contribution in [0.3, 0.4) is 0 Å². The van der Waals surface area contributed by atoms with E-state index >= 15 is 0 Å². The van der Waals surface area contributed by atoms with Crippen molar-refractivity contribution in [2.45, 2.75) is 39.0 Å². The summed E-state index contributed by atoms with van der Waals surface area (Å²) in [4.78, 5) is 0. The van der Waals surface area contributed by atoms with Crippen LogP contribution in [0.1, 0.15) is 39.0 Å². The molecule has 2 bridgehead atoms. The molecule has 1 aromatic rings. The second-order valence-electron chi connectivity index (χ2n) is 7.54. The number of pyridine rings is 1. The number of hydrogen-bond donors (Lipinski definition) is 0. The third-order valence-corrected chi connectivity index (χ3v) is 5.77. The van der Waals surface area contributed by atoms with E-state index in [1.54, 1.807) is 11.3 Å². The van der Waals surface area contributed by atoms with Crippen molar-refractivity contribution >= 4 is 13.5 Å². The Labute approximate surface area is 143 Å². The molecular weight excluding hydrogens is 363 g/mol. The van der Waals surface area contributed by atoms with Crippen LogP contribution in [0, 0.1) is 23.7 Å². The number of fused-ring (bicyclic) bond motifs is 5. The van der Waals surface area contributed by atoms with Crippen LogP contribution in [-0.2, 0) is 0 Å². The van der Waals surface area contributed by atoms with E-state index in [-0.39, 0.29) is 0 Å². The molecule has 0 N–H and O–H groups in total. The Balaban J connectivity index is 0.000000225. The molecule has 4 rings (SSSR count). The van der Waals surface area contributed by atoms with Crippen molar-refractivity contribution in [3.63, 3.8) is 0 Å². The van der Waals surface area contributed by atoms with Gasteiger partial charge in [0, 0.05) is 18.6 Å². The fourth-order valence-corrected chi connectivity index (χ4v) is 4.94. The molecular formula is C17H22F6NP. The van der Waals surface area contributed by atoms with Crippen molar-refractivity contribution in [2.24, 2.45) is 23.7 Å². The first kappa shape index (κ1) is 18.7. The Hall–Kier alpha value is -1.10. The van der Waals surface area contributed by atoms with E-state index in [9.17, 15) is 25.2 Å². The molecule has 0 amide bonds. The zero-order valence-corrected chi connectivity index (χ0v) is 14.8. The first-order chi connectivity index (χ1) is 11.3. The van der Waals surface area contributed by atoms with Gasteiger partial charge in [0.15, 0.2) is 18.1 Å². The molecule has 2 fully saturated rings. The van der Waals surface area contributed by atoms with Gasteiger partial charge in [-0.25, -0.2) is 0 Å². The fourth-order valence-electron chi connectivity index (χ4n) is 4.94. The van der Waals surface area contributed by atoms with Crippen molar-refractivity contribution in [3.05, 3.63) is 36.2 Å². The Morgan fingerprint density at radius 1 is 0.840 bits per heavy atom. The van der Waals surface area contributed by atoms with Crippen molar-refractivity contribution in [1.82, 2.24) is 0 Å². The summed E-state index contributed by atoms with van der Waals surface area (Å²) in [5.74, 6) is 4.14. The van der Waals surface area contributed by atoms with Gasteiger partial charge in [0.2, 0.25) is 0 Å². The maximum absolute atomic E-state index is 10.7. The summed E-state index contributed by atoms with van der Waals surface area (Å²) in [6, 6.07) is 6.40. The Kier molecular flexibility index (Phi) is 4.07. The van der Waals surface area contributed by atoms with Gasteiger partial charge in [-0.2, -0.15) is 4.57 Å². The van der Waals surface area contributed by atoms with Gasteiger partial charge in [0.1, 0.15) is 0 Å². The van der Waals surface area contributed by atoms with Crippen LogP contribution < -0.4 is 4.57 Å². The average Bonchev–Trinajstić information content (AvgIpc) is 3.05. The minimum atomic E-state index is -10.7. The van der Waals surface area contributed by atoms with Crippen LogP contribution in [0.15, 0.2) is 36.2 Å². The number of halogens is 6. The van der Waals surface area contributed by atoms with Gasteiger partial charge in [-0.1, -0.05) is 6.07 Å². The van der Waals surface area contributed by atoms with E-state index in [2.05, 4.69) is 42.1 Å². The van der Waals surface area contributed by atoms with Crippen molar-refractivity contribution in [2.75, 3.05) is 0 Å². The molecule has 8 heteroatoms. The van der Waals surface area contributed by atoms with Crippen LogP contribution in [0.25, 0.3) is 5.70 Å². The molecule has 25 heavy (non-hydrogen) atoms. The summed E-state index contributed by atoms with van der Waals surface area (Å²) in [6.45, 7) is 2.36. The summed E-state index contributed by atoms with van der Waals surface area (Å²) < 4.78 is 61.6. The monoisotopic (exact) mass is 385 g/mol. The molecule has 142 valence electrons. The Bertz CT molecular complexity index is 671. The van der Waals surface area contributed by atoms with E-state index in [1.807, 2.05) is 0 Å². The third-order valence-electron chi connectivity index (χ3n) is 5.77. The van der Waals surface area contributed by atoms with Crippen molar-refractivity contribution in [3.8, 4) is 0 Å². The molecule has 2 unspecified atom stereocenters. The Morgan fingerprint density at radius 2 is 1.32 bits per heavy atom. The van der Waals surface area contributed by atoms with Crippen LogP contribution in [-0.4, -0.2) is 0 Å². The van der Waals surface area contributed by atoms with Gasteiger partial charge < -0.3 is 0 Å². The summed E-state index contributed by atoms with van der Waals surface area (Å²) in [7, 11) is -10.7. The van der Waals surface area contributed by atoms with Crippen LogP contribution in [0.2, 0.25) is 0 Å². The SMILES string of the molecule is CC1=C([n+]2ccccc2)CC2C(C1)[C@H]1CC[C@@H]2C1.F[P-](F)(F)(F)(F)F. The molecule has 0 spiro atoms. The van der Waals surface area contributed by atoms with Crippen LogP contribution in [0.4, 0.5) is 25.2 Å². The van der Waals surface area contributed by atoms with E-state index in [0.29, 0.717) is 0 Å². The first-order valence-corrected chi connectivity index (χ1v) is 10.5. The molecule has 4 atom stereocenters. The molecule has 1 heterocycles. The summed E-state index contributed by atoms with van der Waals surface area (Å²) >= 11 is 0. The van der Waals surface area contributed by atoms with E-state index in [4.69, 9.17) is 0 Å². The molecule has 3 aliphatic rings. The zero-order valence-electron chi connectivity index (χ0n) is 13.9. The number of hydrogen-bond acceptors (Lipinski definition) is 0. The second kappa shape index (κ2) is 5.45. The zero-order chi connectivity index (χ0) is 18.5. The molecule has 3 aliphatic carbocycles. The van der Waals surface area contributed by atoms with Crippen molar-refractivity contribution < 1.29 is 29.7 Å². The molecule has 0 radical (unpaired) electrons. The van der Waals surface area contributed by atoms with Gasteiger partial charge in [0.05, 0.1) is 0 Å². The predicted molar refractivity (Wildman–Crippen MR) is 86.1 cm³/mol. The Morgan fingerprint density at radius 3 is 1.84 bits per heavy atom. The standard InChI is InChI=1S/C17H22N.F6P/c1-12-9-15-13-5-6-14(10-13)16(15)11-17(12)18-7-3-2-4-8-18;1-7(2,3,4,5)6/h2-4,7-8,13-16H,5-6,9-11H2,1H3;/q+1;-1/t13-,14+,15?,16?;/m0./s1. The van der Waals surface area contributed by atoms with Gasteiger partial charge in [-0.3, -0.25) is 0 Å². The van der Waals surface area contributed by atoms with E-state index in [0.717, 1.165) is 23.7 Å². The topological polar surface area (TPSA) is 3.88 Å². The van der Waals surface area contributed by atoms with E-state index in [1.165, 1.54) is 32.1 Å². The normalized spacial score (nSPS) is 33.9. The minimum absolute atomic E-state index is 0.996. The molecule has 0 saturated heterocycles. The first-order valence-electron chi connectivity index (χ1n) is 8.49. The summed E-state index contributed by atoms with van der Waals surface area (Å²) in [5, 5.41) is 0. The van der Waals surface area contributed by atoms with Gasteiger partial charge in [-0.15, -0.1) is 0 Å². The van der Waals surface area contributed by atoms with E-state index < -0.39 is 7.81 Å². The summed E-state index contributed by atoms with van der Waals surface area (Å²) in [5.41, 5.74) is 3.23. The predicted octanol–water partition coefficient (Wildman–Crippen LogP) is 7.04. The van der Waals surface area contributed by atoms with Crippen LogP contribution in [0.5, 0.6) is 0 Å². The van der Waals surface area contributed by atoms with Gasteiger partial charge in [0.25, 0.3) is 0 Å². The number of nitrogens with zero attached hydrogens (tertiary/aromatic N) is 1.